The van der Waals surface area contributed by atoms with Crippen molar-refractivity contribution in [1.82, 2.24) is 10.2 Å². The lowest BCUT2D eigenvalue weighted by Gasteiger charge is -2.42. The normalized spacial score (nSPS) is 29.4. The van der Waals surface area contributed by atoms with E-state index in [9.17, 15) is 4.79 Å². The Balaban J connectivity index is 1.48. The predicted octanol–water partition coefficient (Wildman–Crippen LogP) is 2.74. The number of ether oxygens (including phenoxy) is 1. The van der Waals surface area contributed by atoms with E-state index in [0.717, 1.165) is 44.5 Å². The van der Waals surface area contributed by atoms with Crippen molar-refractivity contribution >= 4 is 17.5 Å². The maximum atomic E-state index is 13.1. The molecule has 0 bridgehead atoms. The van der Waals surface area contributed by atoms with Crippen LogP contribution >= 0.6 is 11.6 Å². The third-order valence-corrected chi connectivity index (χ3v) is 6.27. The number of amides is 1. The summed E-state index contributed by atoms with van der Waals surface area (Å²) in [4.78, 5) is 15.6. The molecule has 130 valence electrons. The van der Waals surface area contributed by atoms with Gasteiger partial charge in [0.15, 0.2) is 0 Å². The molecule has 4 nitrogen and oxygen atoms in total. The summed E-state index contributed by atoms with van der Waals surface area (Å²) in [5.74, 6) is 0.163. The van der Waals surface area contributed by atoms with Gasteiger partial charge in [-0.3, -0.25) is 9.69 Å². The number of halogens is 1. The molecule has 24 heavy (non-hydrogen) atoms. The van der Waals surface area contributed by atoms with Crippen molar-refractivity contribution in [3.05, 3.63) is 34.9 Å². The molecule has 1 aliphatic carbocycles. The number of nitrogens with zero attached hydrogens (tertiary/aromatic N) is 1. The van der Waals surface area contributed by atoms with E-state index in [0.29, 0.717) is 17.7 Å². The Morgan fingerprint density at radius 2 is 1.83 bits per heavy atom. The van der Waals surface area contributed by atoms with Crippen molar-refractivity contribution in [2.45, 2.75) is 49.6 Å². The van der Waals surface area contributed by atoms with Gasteiger partial charge < -0.3 is 10.1 Å². The lowest BCUT2D eigenvalue weighted by atomic mass is 9.63. The third-order valence-electron chi connectivity index (χ3n) is 6.02. The van der Waals surface area contributed by atoms with Crippen molar-refractivity contribution in [2.75, 3.05) is 26.3 Å². The SMILES string of the molecule is O=C(N[C@H]1COC[C@@H]1N1CCCC1)C1(c2ccc(Cl)cc2)CCC1. The molecule has 2 atom stereocenters. The highest BCUT2D eigenvalue weighted by Gasteiger charge is 2.47. The Morgan fingerprint density at radius 1 is 1.12 bits per heavy atom. The van der Waals surface area contributed by atoms with Crippen LogP contribution in [-0.2, 0) is 14.9 Å². The molecule has 0 spiro atoms. The molecule has 1 amide bonds. The van der Waals surface area contributed by atoms with Gasteiger partial charge in [-0.2, -0.15) is 0 Å². The molecule has 3 fully saturated rings. The molecule has 5 heteroatoms. The van der Waals surface area contributed by atoms with Gasteiger partial charge in [0, 0.05) is 5.02 Å². The van der Waals surface area contributed by atoms with Gasteiger partial charge in [0.2, 0.25) is 5.91 Å². The number of hydrogen-bond acceptors (Lipinski definition) is 3. The average Bonchev–Trinajstić information content (AvgIpc) is 3.18. The summed E-state index contributed by atoms with van der Waals surface area (Å²) in [6.45, 7) is 3.62. The van der Waals surface area contributed by atoms with Crippen LogP contribution in [0.1, 0.15) is 37.7 Å². The molecule has 0 radical (unpaired) electrons. The van der Waals surface area contributed by atoms with Crippen LogP contribution < -0.4 is 5.32 Å². The molecule has 2 saturated heterocycles. The Kier molecular flexibility index (Phi) is 4.54. The number of rotatable bonds is 4. The van der Waals surface area contributed by atoms with Gasteiger partial charge >= 0.3 is 0 Å². The molecule has 0 unspecified atom stereocenters. The summed E-state index contributed by atoms with van der Waals surface area (Å²) >= 11 is 6.01. The number of benzene rings is 1. The molecule has 1 aromatic carbocycles. The molecule has 1 aromatic rings. The summed E-state index contributed by atoms with van der Waals surface area (Å²) in [7, 11) is 0. The van der Waals surface area contributed by atoms with Crippen LogP contribution in [0.2, 0.25) is 5.02 Å². The molecule has 2 aliphatic heterocycles. The molecule has 0 aromatic heterocycles. The van der Waals surface area contributed by atoms with E-state index in [1.54, 1.807) is 0 Å². The second-order valence-corrected chi connectivity index (χ2v) is 7.81. The van der Waals surface area contributed by atoms with Crippen LogP contribution in [0.25, 0.3) is 0 Å². The lowest BCUT2D eigenvalue weighted by molar-refractivity contribution is -0.131. The minimum atomic E-state index is -0.372. The number of carbonyl (C=O) groups excluding carboxylic acids is 1. The zero-order valence-corrected chi connectivity index (χ0v) is 14.7. The average molecular weight is 349 g/mol. The van der Waals surface area contributed by atoms with E-state index in [4.69, 9.17) is 16.3 Å². The summed E-state index contributed by atoms with van der Waals surface area (Å²) in [5.41, 5.74) is 0.718. The molecule has 1 N–H and O–H groups in total. The van der Waals surface area contributed by atoms with Gasteiger partial charge in [0.1, 0.15) is 0 Å². The van der Waals surface area contributed by atoms with Crippen LogP contribution in [0.15, 0.2) is 24.3 Å². The Morgan fingerprint density at radius 3 is 2.46 bits per heavy atom. The predicted molar refractivity (Wildman–Crippen MR) is 94.3 cm³/mol. The smallest absolute Gasteiger partial charge is 0.231 e. The first kappa shape index (κ1) is 16.4. The van der Waals surface area contributed by atoms with Gasteiger partial charge in [0.05, 0.1) is 30.7 Å². The fourth-order valence-electron chi connectivity index (χ4n) is 4.37. The van der Waals surface area contributed by atoms with Crippen molar-refractivity contribution in [1.29, 1.82) is 0 Å². The third kappa shape index (κ3) is 2.85. The first-order chi connectivity index (χ1) is 11.7. The number of nitrogens with one attached hydrogen (secondary N) is 1. The van der Waals surface area contributed by atoms with Gasteiger partial charge in [0.25, 0.3) is 0 Å². The number of hydrogen-bond donors (Lipinski definition) is 1. The second-order valence-electron chi connectivity index (χ2n) is 7.37. The van der Waals surface area contributed by atoms with Crippen molar-refractivity contribution in [3.63, 3.8) is 0 Å². The van der Waals surface area contributed by atoms with Crippen molar-refractivity contribution in [2.24, 2.45) is 0 Å². The molecule has 3 aliphatic rings. The van der Waals surface area contributed by atoms with E-state index < -0.39 is 0 Å². The molecule has 4 rings (SSSR count). The fourth-order valence-corrected chi connectivity index (χ4v) is 4.49. The second kappa shape index (κ2) is 6.66. The van der Waals surface area contributed by atoms with Crippen LogP contribution in [0.3, 0.4) is 0 Å². The Labute approximate surface area is 148 Å². The molecular weight excluding hydrogens is 324 g/mol. The minimum absolute atomic E-state index is 0.111. The Hall–Kier alpha value is -1.10. The van der Waals surface area contributed by atoms with Crippen LogP contribution in [-0.4, -0.2) is 49.2 Å². The standard InChI is InChI=1S/C19H25ClN2O2/c20-15-6-4-14(5-7-15)19(8-3-9-19)18(23)21-16-12-24-13-17(16)22-10-1-2-11-22/h4-7,16-17H,1-3,8-13H2,(H,21,23)/t16-,17-/m0/s1. The maximum absolute atomic E-state index is 13.1. The number of carbonyl (C=O) groups is 1. The molecule has 2 heterocycles. The zero-order chi connectivity index (χ0) is 16.6. The van der Waals surface area contributed by atoms with Crippen LogP contribution in [0.4, 0.5) is 0 Å². The van der Waals surface area contributed by atoms with E-state index in [-0.39, 0.29) is 17.4 Å². The van der Waals surface area contributed by atoms with Gasteiger partial charge in [-0.1, -0.05) is 30.2 Å². The van der Waals surface area contributed by atoms with Crippen LogP contribution in [0, 0.1) is 0 Å². The summed E-state index contributed by atoms with van der Waals surface area (Å²) in [5, 5.41) is 4.04. The summed E-state index contributed by atoms with van der Waals surface area (Å²) in [6, 6.07) is 8.22. The first-order valence-corrected chi connectivity index (χ1v) is 9.46. The van der Waals surface area contributed by atoms with Crippen molar-refractivity contribution in [3.8, 4) is 0 Å². The number of likely N-dealkylation sites (tertiary alicyclic amines) is 1. The van der Waals surface area contributed by atoms with E-state index in [2.05, 4.69) is 10.2 Å². The highest BCUT2D eigenvalue weighted by Crippen LogP contribution is 2.44. The first-order valence-electron chi connectivity index (χ1n) is 9.08. The zero-order valence-electron chi connectivity index (χ0n) is 14.0. The maximum Gasteiger partial charge on any atom is 0.231 e. The van der Waals surface area contributed by atoms with Crippen LogP contribution in [0.5, 0.6) is 0 Å². The molecule has 1 saturated carbocycles. The van der Waals surface area contributed by atoms with Gasteiger partial charge in [-0.05, 0) is 56.5 Å². The largest absolute Gasteiger partial charge is 0.378 e. The van der Waals surface area contributed by atoms with Gasteiger partial charge in [-0.25, -0.2) is 0 Å². The molecular formula is C19H25ClN2O2. The topological polar surface area (TPSA) is 41.6 Å². The lowest BCUT2D eigenvalue weighted by Crippen LogP contribution is -2.57. The highest BCUT2D eigenvalue weighted by molar-refractivity contribution is 6.30. The summed E-state index contributed by atoms with van der Waals surface area (Å²) in [6.07, 6.45) is 5.45. The van der Waals surface area contributed by atoms with E-state index >= 15 is 0 Å². The fraction of sp³-hybridized carbons (Fsp3) is 0.632. The van der Waals surface area contributed by atoms with E-state index in [1.165, 1.54) is 12.8 Å². The highest BCUT2D eigenvalue weighted by atomic mass is 35.5. The minimum Gasteiger partial charge on any atom is -0.378 e. The van der Waals surface area contributed by atoms with Crippen molar-refractivity contribution < 1.29 is 9.53 Å². The van der Waals surface area contributed by atoms with Gasteiger partial charge in [-0.15, -0.1) is 0 Å². The van der Waals surface area contributed by atoms with E-state index in [1.807, 2.05) is 24.3 Å². The summed E-state index contributed by atoms with van der Waals surface area (Å²) < 4.78 is 5.69. The Bertz CT molecular complexity index is 594. The monoisotopic (exact) mass is 348 g/mol. The quantitative estimate of drug-likeness (QED) is 0.909.